The lowest BCUT2D eigenvalue weighted by Crippen LogP contribution is -2.39. The summed E-state index contributed by atoms with van der Waals surface area (Å²) >= 11 is 0. The zero-order valence-electron chi connectivity index (χ0n) is 20.1. The maximum atomic E-state index is 13.7. The van der Waals surface area contributed by atoms with Crippen molar-refractivity contribution in [2.75, 3.05) is 10.2 Å². The minimum atomic E-state index is -0.728. The van der Waals surface area contributed by atoms with Crippen LogP contribution >= 0.6 is 0 Å². The highest BCUT2D eigenvalue weighted by molar-refractivity contribution is 5.94. The van der Waals surface area contributed by atoms with E-state index in [1.54, 1.807) is 12.1 Å². The van der Waals surface area contributed by atoms with Crippen molar-refractivity contribution in [3.63, 3.8) is 0 Å². The molecule has 8 nitrogen and oxygen atoms in total. The quantitative estimate of drug-likeness (QED) is 0.402. The Morgan fingerprint density at radius 3 is 2.22 bits per heavy atom. The fourth-order valence-corrected chi connectivity index (χ4v) is 4.39. The number of para-hydroxylation sites is 1. The van der Waals surface area contributed by atoms with Gasteiger partial charge in [0.2, 0.25) is 5.91 Å². The average molecular weight is 495 g/mol. The molecule has 8 heteroatoms. The second-order valence-electron chi connectivity index (χ2n) is 8.76. The first-order chi connectivity index (χ1) is 18.1. The number of carbonyl (C=O) groups is 2. The highest BCUT2D eigenvalue weighted by atomic mass is 16.6. The van der Waals surface area contributed by atoms with E-state index < -0.39 is 17.7 Å². The Bertz CT molecular complexity index is 1440. The summed E-state index contributed by atoms with van der Waals surface area (Å²) in [6.07, 6.45) is 1.66. The number of fused-ring (bicyclic) bond motifs is 1. The molecular weight excluding hydrogens is 468 g/mol. The SMILES string of the molecule is O=C(Nc1ccccc1)[C@@H]1CCc2ncc(N(Cc3ccccc3)C(=O)OCc3ccccc3)c(=O)n21. The first-order valence-electron chi connectivity index (χ1n) is 12.1. The van der Waals surface area contributed by atoms with Gasteiger partial charge in [-0.1, -0.05) is 78.9 Å². The van der Waals surface area contributed by atoms with Crippen molar-refractivity contribution in [2.45, 2.75) is 32.0 Å². The van der Waals surface area contributed by atoms with Crippen molar-refractivity contribution >= 4 is 23.4 Å². The molecule has 0 aliphatic carbocycles. The predicted molar refractivity (Wildman–Crippen MR) is 140 cm³/mol. The lowest BCUT2D eigenvalue weighted by Gasteiger charge is -2.23. The van der Waals surface area contributed by atoms with Gasteiger partial charge in [0.1, 0.15) is 24.2 Å². The smallest absolute Gasteiger partial charge is 0.415 e. The van der Waals surface area contributed by atoms with Gasteiger partial charge in [-0.2, -0.15) is 0 Å². The van der Waals surface area contributed by atoms with Gasteiger partial charge in [-0.15, -0.1) is 0 Å². The first-order valence-corrected chi connectivity index (χ1v) is 12.1. The molecule has 1 N–H and O–H groups in total. The van der Waals surface area contributed by atoms with Crippen LogP contribution in [0, 0.1) is 0 Å². The van der Waals surface area contributed by atoms with Crippen molar-refractivity contribution in [1.29, 1.82) is 0 Å². The minimum Gasteiger partial charge on any atom is -0.444 e. The standard InChI is InChI=1S/C29H26N4O4/c34-27(31-23-14-8-3-9-15-23)24-16-17-26-30-18-25(28(35)33(24)26)32(19-21-10-4-1-5-11-21)29(36)37-20-22-12-6-2-7-13-22/h1-15,18,24H,16-17,19-20H2,(H,31,34)/t24-/m0/s1. The molecule has 1 atom stereocenters. The third-order valence-electron chi connectivity index (χ3n) is 6.25. The molecule has 3 aromatic carbocycles. The largest absolute Gasteiger partial charge is 0.444 e. The molecule has 2 amide bonds. The molecular formula is C29H26N4O4. The monoisotopic (exact) mass is 494 g/mol. The van der Waals surface area contributed by atoms with E-state index in [1.165, 1.54) is 15.7 Å². The van der Waals surface area contributed by atoms with Crippen molar-refractivity contribution in [3.05, 3.63) is 124 Å². The summed E-state index contributed by atoms with van der Waals surface area (Å²) in [5, 5.41) is 2.87. The predicted octanol–water partition coefficient (Wildman–Crippen LogP) is 4.71. The van der Waals surface area contributed by atoms with E-state index in [0.717, 1.165) is 11.1 Å². The molecule has 186 valence electrons. The number of nitrogens with zero attached hydrogens (tertiary/aromatic N) is 3. The van der Waals surface area contributed by atoms with Crippen molar-refractivity contribution in [2.24, 2.45) is 0 Å². The van der Waals surface area contributed by atoms with Crippen LogP contribution in [-0.2, 0) is 29.1 Å². The topological polar surface area (TPSA) is 93.5 Å². The maximum absolute atomic E-state index is 13.7. The number of amides is 2. The van der Waals surface area contributed by atoms with Gasteiger partial charge in [-0.3, -0.25) is 19.1 Å². The van der Waals surface area contributed by atoms with E-state index in [2.05, 4.69) is 10.3 Å². The summed E-state index contributed by atoms with van der Waals surface area (Å²) in [5.74, 6) is 0.214. The van der Waals surface area contributed by atoms with Gasteiger partial charge >= 0.3 is 6.09 Å². The van der Waals surface area contributed by atoms with E-state index in [-0.39, 0.29) is 24.7 Å². The van der Waals surface area contributed by atoms with Crippen LogP contribution in [0.1, 0.15) is 29.4 Å². The molecule has 1 aliphatic rings. The number of carbonyl (C=O) groups excluding carboxylic acids is 2. The number of ether oxygens (including phenoxy) is 1. The van der Waals surface area contributed by atoms with E-state index in [0.29, 0.717) is 24.4 Å². The summed E-state index contributed by atoms with van der Waals surface area (Å²) in [4.78, 5) is 45.8. The molecule has 1 aromatic heterocycles. The molecule has 0 saturated carbocycles. The molecule has 0 unspecified atom stereocenters. The minimum absolute atomic E-state index is 0.0603. The number of hydrogen-bond donors (Lipinski definition) is 1. The van der Waals surface area contributed by atoms with Crippen LogP contribution in [0.4, 0.5) is 16.2 Å². The lowest BCUT2D eigenvalue weighted by molar-refractivity contribution is -0.119. The number of rotatable bonds is 7. The highest BCUT2D eigenvalue weighted by Crippen LogP contribution is 2.26. The molecule has 0 fully saturated rings. The van der Waals surface area contributed by atoms with Gasteiger partial charge in [-0.25, -0.2) is 9.78 Å². The highest BCUT2D eigenvalue weighted by Gasteiger charge is 2.33. The summed E-state index contributed by atoms with van der Waals surface area (Å²) in [7, 11) is 0. The second-order valence-corrected chi connectivity index (χ2v) is 8.76. The van der Waals surface area contributed by atoms with Crippen LogP contribution in [0.3, 0.4) is 0 Å². The Morgan fingerprint density at radius 2 is 1.54 bits per heavy atom. The lowest BCUT2D eigenvalue weighted by atomic mass is 10.2. The van der Waals surface area contributed by atoms with E-state index in [4.69, 9.17) is 4.74 Å². The summed E-state index contributed by atoms with van der Waals surface area (Å²) in [5.41, 5.74) is 1.90. The first kappa shape index (κ1) is 24.0. The van der Waals surface area contributed by atoms with E-state index in [1.807, 2.05) is 78.9 Å². The molecule has 5 rings (SSSR count). The van der Waals surface area contributed by atoms with Gasteiger partial charge in [0.25, 0.3) is 5.56 Å². The number of aryl methyl sites for hydroxylation is 1. The van der Waals surface area contributed by atoms with E-state index >= 15 is 0 Å². The fraction of sp³-hybridized carbons (Fsp3) is 0.172. The van der Waals surface area contributed by atoms with Crippen LogP contribution in [-0.4, -0.2) is 21.6 Å². The van der Waals surface area contributed by atoms with Crippen molar-refractivity contribution in [1.82, 2.24) is 9.55 Å². The molecule has 2 heterocycles. The molecule has 0 spiro atoms. The number of aromatic nitrogens is 2. The summed E-state index contributed by atoms with van der Waals surface area (Å²) < 4.78 is 6.98. The van der Waals surface area contributed by atoms with Crippen LogP contribution in [0.2, 0.25) is 0 Å². The Kier molecular flexibility index (Phi) is 7.07. The maximum Gasteiger partial charge on any atom is 0.415 e. The van der Waals surface area contributed by atoms with Crippen LogP contribution in [0.25, 0.3) is 0 Å². The van der Waals surface area contributed by atoms with Gasteiger partial charge < -0.3 is 10.1 Å². The van der Waals surface area contributed by atoms with Gasteiger partial charge in [0, 0.05) is 12.1 Å². The fourth-order valence-electron chi connectivity index (χ4n) is 4.39. The third-order valence-corrected chi connectivity index (χ3v) is 6.25. The van der Waals surface area contributed by atoms with E-state index in [9.17, 15) is 14.4 Å². The summed E-state index contributed by atoms with van der Waals surface area (Å²) in [6, 6.07) is 27.0. The van der Waals surface area contributed by atoms with Gasteiger partial charge in [0.15, 0.2) is 0 Å². The van der Waals surface area contributed by atoms with Gasteiger partial charge in [0.05, 0.1) is 12.7 Å². The third kappa shape index (κ3) is 5.43. The second kappa shape index (κ2) is 10.9. The van der Waals surface area contributed by atoms with Crippen molar-refractivity contribution in [3.8, 4) is 0 Å². The zero-order chi connectivity index (χ0) is 25.6. The summed E-state index contributed by atoms with van der Waals surface area (Å²) in [6.45, 7) is 0.179. The molecule has 1 aliphatic heterocycles. The number of benzene rings is 3. The molecule has 37 heavy (non-hydrogen) atoms. The average Bonchev–Trinajstić information content (AvgIpc) is 3.38. The van der Waals surface area contributed by atoms with Crippen molar-refractivity contribution < 1.29 is 14.3 Å². The van der Waals surface area contributed by atoms with Crippen LogP contribution in [0.15, 0.2) is 102 Å². The zero-order valence-corrected chi connectivity index (χ0v) is 20.1. The number of hydrogen-bond acceptors (Lipinski definition) is 5. The van der Waals surface area contributed by atoms with Crippen LogP contribution in [0.5, 0.6) is 0 Å². The van der Waals surface area contributed by atoms with Gasteiger partial charge in [-0.05, 0) is 29.7 Å². The molecule has 0 radical (unpaired) electrons. The Balaban J connectivity index is 1.45. The van der Waals surface area contributed by atoms with Crippen LogP contribution < -0.4 is 15.8 Å². The number of anilines is 2. The molecule has 0 saturated heterocycles. The normalized spacial score (nSPS) is 14.0. The molecule has 4 aromatic rings. The Labute approximate surface area is 214 Å². The Hall–Kier alpha value is -4.72. The Morgan fingerprint density at radius 1 is 0.919 bits per heavy atom. The molecule has 0 bridgehead atoms. The number of nitrogens with one attached hydrogen (secondary N) is 1.